The second kappa shape index (κ2) is 10.7. The number of thioether (sulfide) groups is 1. The van der Waals surface area contributed by atoms with Crippen LogP contribution in [0.25, 0.3) is 17.4 Å². The van der Waals surface area contributed by atoms with Gasteiger partial charge in [-0.25, -0.2) is 4.79 Å². The van der Waals surface area contributed by atoms with Crippen molar-refractivity contribution in [3.05, 3.63) is 81.4 Å². The molecule has 0 unspecified atom stereocenters. The first-order valence-electron chi connectivity index (χ1n) is 10.5. The maximum Gasteiger partial charge on any atom is 0.338 e. The Morgan fingerprint density at radius 1 is 1.09 bits per heavy atom. The van der Waals surface area contributed by atoms with E-state index in [-0.39, 0.29) is 4.91 Å². The molecule has 2 heterocycles. The Kier molecular flexibility index (Phi) is 7.52. The highest BCUT2D eigenvalue weighted by Crippen LogP contribution is 2.33. The van der Waals surface area contributed by atoms with Gasteiger partial charge >= 0.3 is 5.97 Å². The minimum Gasteiger partial charge on any atom is -0.462 e. The molecule has 1 aliphatic rings. The summed E-state index contributed by atoms with van der Waals surface area (Å²) in [5, 5.41) is 2.14. The number of amides is 3. The summed E-state index contributed by atoms with van der Waals surface area (Å²) in [4.78, 5) is 50.3. The second-order valence-corrected chi connectivity index (χ2v) is 9.14. The average molecular weight is 555 g/mol. The lowest BCUT2D eigenvalue weighted by Gasteiger charge is -2.13. The minimum absolute atomic E-state index is 0.155. The third-order valence-corrected chi connectivity index (χ3v) is 6.50. The molecule has 8 nitrogen and oxygen atoms in total. The van der Waals surface area contributed by atoms with Gasteiger partial charge in [0.15, 0.2) is 0 Å². The summed E-state index contributed by atoms with van der Waals surface area (Å²) < 4.78 is 11.5. The minimum atomic E-state index is -0.570. The lowest BCUT2D eigenvalue weighted by molar-refractivity contribution is -0.127. The molecule has 1 aromatic heterocycles. The molecule has 0 bridgehead atoms. The van der Waals surface area contributed by atoms with Gasteiger partial charge in [-0.3, -0.25) is 19.3 Å². The summed E-state index contributed by atoms with van der Waals surface area (Å²) in [5.41, 5.74) is 1.70. The van der Waals surface area contributed by atoms with Gasteiger partial charge in [0.05, 0.1) is 22.8 Å². The van der Waals surface area contributed by atoms with Gasteiger partial charge in [-0.1, -0.05) is 24.3 Å². The lowest BCUT2D eigenvalue weighted by Crippen LogP contribution is -2.36. The van der Waals surface area contributed by atoms with Crippen molar-refractivity contribution in [2.45, 2.75) is 6.92 Å². The Labute approximate surface area is 213 Å². The standard InChI is InChI=1S/C25H19BrN2O6S/c1-2-33-24(31)16-9-7-15(8-10-16)20-12-11-17(34-20)13-21-23(30)28(25(32)35-21)14-22(29)27-19-6-4-3-5-18(19)26/h3-13H,2,14H2,1H3,(H,27,29)/b21-13+. The SMILES string of the molecule is CCOC(=O)c1ccc(-c2ccc(/C=C3/SC(=O)N(CC(=O)Nc4ccccc4Br)C3=O)o2)cc1. The molecule has 0 spiro atoms. The number of anilines is 1. The van der Waals surface area contributed by atoms with Crippen molar-refractivity contribution < 1.29 is 28.3 Å². The van der Waals surface area contributed by atoms with Crippen LogP contribution in [0.1, 0.15) is 23.0 Å². The number of hydrogen-bond donors (Lipinski definition) is 1. The van der Waals surface area contributed by atoms with Crippen LogP contribution < -0.4 is 5.32 Å². The predicted octanol–water partition coefficient (Wildman–Crippen LogP) is 5.56. The van der Waals surface area contributed by atoms with Crippen molar-refractivity contribution in [3.63, 3.8) is 0 Å². The van der Waals surface area contributed by atoms with Crippen LogP contribution in [0, 0.1) is 0 Å². The number of furan rings is 1. The monoisotopic (exact) mass is 554 g/mol. The fourth-order valence-corrected chi connectivity index (χ4v) is 4.43. The zero-order chi connectivity index (χ0) is 24.9. The van der Waals surface area contributed by atoms with Crippen LogP contribution in [0.4, 0.5) is 10.5 Å². The van der Waals surface area contributed by atoms with Crippen molar-refractivity contribution in [2.75, 3.05) is 18.5 Å². The Morgan fingerprint density at radius 2 is 1.83 bits per heavy atom. The number of para-hydroxylation sites is 1. The van der Waals surface area contributed by atoms with E-state index in [1.165, 1.54) is 6.08 Å². The van der Waals surface area contributed by atoms with Gasteiger partial charge < -0.3 is 14.5 Å². The topological polar surface area (TPSA) is 106 Å². The lowest BCUT2D eigenvalue weighted by atomic mass is 10.1. The Morgan fingerprint density at radius 3 is 2.54 bits per heavy atom. The van der Waals surface area contributed by atoms with E-state index < -0.39 is 29.6 Å². The number of esters is 1. The largest absolute Gasteiger partial charge is 0.462 e. The van der Waals surface area contributed by atoms with Crippen LogP contribution in [-0.4, -0.2) is 41.1 Å². The number of ether oxygens (including phenoxy) is 1. The van der Waals surface area contributed by atoms with E-state index >= 15 is 0 Å². The van der Waals surface area contributed by atoms with Crippen LogP contribution in [0.5, 0.6) is 0 Å². The fourth-order valence-electron chi connectivity index (χ4n) is 3.23. The molecule has 10 heteroatoms. The van der Waals surface area contributed by atoms with E-state index in [1.54, 1.807) is 67.6 Å². The first-order valence-corrected chi connectivity index (χ1v) is 12.1. The molecule has 2 aromatic carbocycles. The van der Waals surface area contributed by atoms with Gasteiger partial charge in [-0.2, -0.15) is 0 Å². The maximum absolute atomic E-state index is 12.7. The fraction of sp³-hybridized carbons (Fsp3) is 0.120. The number of nitrogens with one attached hydrogen (secondary N) is 1. The van der Waals surface area contributed by atoms with E-state index in [2.05, 4.69) is 21.2 Å². The van der Waals surface area contributed by atoms with Crippen LogP contribution in [0.3, 0.4) is 0 Å². The van der Waals surface area contributed by atoms with Crippen molar-refractivity contribution in [1.29, 1.82) is 0 Å². The van der Waals surface area contributed by atoms with Crippen LogP contribution in [0.2, 0.25) is 0 Å². The molecule has 3 amide bonds. The molecule has 0 saturated carbocycles. The highest BCUT2D eigenvalue weighted by molar-refractivity contribution is 9.10. The molecule has 1 aliphatic heterocycles. The molecule has 0 atom stereocenters. The Balaban J connectivity index is 1.43. The van der Waals surface area contributed by atoms with E-state index in [1.807, 2.05) is 0 Å². The number of nitrogens with zero attached hydrogens (tertiary/aromatic N) is 1. The zero-order valence-electron chi connectivity index (χ0n) is 18.4. The number of imide groups is 1. The summed E-state index contributed by atoms with van der Waals surface area (Å²) in [5.74, 6) is -0.567. The molecule has 0 radical (unpaired) electrons. The molecule has 178 valence electrons. The number of carbonyl (C=O) groups is 4. The molecular formula is C25H19BrN2O6S. The van der Waals surface area contributed by atoms with Gasteiger partial charge in [0, 0.05) is 16.1 Å². The van der Waals surface area contributed by atoms with E-state index in [4.69, 9.17) is 9.15 Å². The molecule has 0 aliphatic carbocycles. The van der Waals surface area contributed by atoms with Crippen molar-refractivity contribution in [1.82, 2.24) is 4.90 Å². The molecule has 1 N–H and O–H groups in total. The first-order chi connectivity index (χ1) is 16.9. The van der Waals surface area contributed by atoms with Crippen LogP contribution in [-0.2, 0) is 14.3 Å². The van der Waals surface area contributed by atoms with E-state index in [0.717, 1.165) is 22.2 Å². The highest BCUT2D eigenvalue weighted by Gasteiger charge is 2.36. The summed E-state index contributed by atoms with van der Waals surface area (Å²) in [6.07, 6.45) is 1.47. The first kappa shape index (κ1) is 24.5. The summed E-state index contributed by atoms with van der Waals surface area (Å²) in [6, 6.07) is 17.2. The number of carbonyl (C=O) groups excluding carboxylic acids is 4. The number of hydrogen-bond acceptors (Lipinski definition) is 7. The van der Waals surface area contributed by atoms with Gasteiger partial charge in [0.2, 0.25) is 5.91 Å². The number of rotatable bonds is 7. The molecule has 1 fully saturated rings. The normalized spacial score (nSPS) is 14.5. The van der Waals surface area contributed by atoms with E-state index in [0.29, 0.717) is 33.9 Å². The van der Waals surface area contributed by atoms with Gasteiger partial charge in [0.25, 0.3) is 11.1 Å². The third-order valence-electron chi connectivity index (χ3n) is 4.90. The molecule has 35 heavy (non-hydrogen) atoms. The molecule has 1 saturated heterocycles. The summed E-state index contributed by atoms with van der Waals surface area (Å²) in [7, 11) is 0. The van der Waals surface area contributed by atoms with Crippen LogP contribution in [0.15, 0.2) is 74.5 Å². The maximum atomic E-state index is 12.7. The number of benzene rings is 2. The highest BCUT2D eigenvalue weighted by atomic mass is 79.9. The molecule has 3 aromatic rings. The van der Waals surface area contributed by atoms with Gasteiger partial charge in [-0.05, 0) is 71.0 Å². The zero-order valence-corrected chi connectivity index (χ0v) is 20.9. The summed E-state index contributed by atoms with van der Waals surface area (Å²) in [6.45, 7) is 1.63. The predicted molar refractivity (Wildman–Crippen MR) is 136 cm³/mol. The van der Waals surface area contributed by atoms with Crippen molar-refractivity contribution >= 4 is 62.5 Å². The van der Waals surface area contributed by atoms with Crippen LogP contribution >= 0.6 is 27.7 Å². The second-order valence-electron chi connectivity index (χ2n) is 7.30. The molecule has 4 rings (SSSR count). The van der Waals surface area contributed by atoms with E-state index in [9.17, 15) is 19.2 Å². The third kappa shape index (κ3) is 5.72. The molecular weight excluding hydrogens is 536 g/mol. The Bertz CT molecular complexity index is 1330. The number of halogens is 1. The Hall–Kier alpha value is -3.63. The summed E-state index contributed by atoms with van der Waals surface area (Å²) >= 11 is 4.08. The average Bonchev–Trinajstić information content (AvgIpc) is 3.41. The quantitative estimate of drug-likeness (QED) is 0.301. The van der Waals surface area contributed by atoms with Crippen molar-refractivity contribution in [3.8, 4) is 11.3 Å². The van der Waals surface area contributed by atoms with Gasteiger partial charge in [-0.15, -0.1) is 0 Å². The van der Waals surface area contributed by atoms with Crippen molar-refractivity contribution in [2.24, 2.45) is 0 Å². The smallest absolute Gasteiger partial charge is 0.338 e. The van der Waals surface area contributed by atoms with Gasteiger partial charge in [0.1, 0.15) is 18.1 Å².